The number of fused-ring (bicyclic) bond motifs is 2. The van der Waals surface area contributed by atoms with Gasteiger partial charge in [-0.2, -0.15) is 0 Å². The summed E-state index contributed by atoms with van der Waals surface area (Å²) in [7, 11) is 0. The molecule has 2 aliphatic rings. The van der Waals surface area contributed by atoms with Crippen molar-refractivity contribution in [3.63, 3.8) is 0 Å². The third-order valence-corrected chi connectivity index (χ3v) is 10.6. The zero-order valence-corrected chi connectivity index (χ0v) is 30.4. The van der Waals surface area contributed by atoms with Crippen LogP contribution in [0, 0.1) is 11.8 Å². The zero-order valence-electron chi connectivity index (χ0n) is 30.4. The van der Waals surface area contributed by atoms with Crippen LogP contribution in [-0.4, -0.2) is 37.4 Å². The van der Waals surface area contributed by atoms with Crippen LogP contribution in [0.3, 0.4) is 0 Å². The first-order chi connectivity index (χ1) is 23.9. The molecule has 0 heterocycles. The minimum atomic E-state index is -0.369. The number of hydrogen-bond acceptors (Lipinski definition) is 6. The largest absolute Gasteiger partial charge is 0.489 e. The van der Waals surface area contributed by atoms with Gasteiger partial charge in [-0.15, -0.1) is 0 Å². The summed E-state index contributed by atoms with van der Waals surface area (Å²) in [5.74, 6) is 2.44. The molecule has 2 unspecified atom stereocenters. The Kier molecular flexibility index (Phi) is 14.5. The van der Waals surface area contributed by atoms with E-state index in [9.17, 15) is 9.59 Å². The van der Waals surface area contributed by atoms with Gasteiger partial charge < -0.3 is 18.9 Å². The topological polar surface area (TPSA) is 71.1 Å². The van der Waals surface area contributed by atoms with Gasteiger partial charge in [0.1, 0.15) is 23.7 Å². The van der Waals surface area contributed by atoms with Gasteiger partial charge >= 0.3 is 11.9 Å². The first-order valence-corrected chi connectivity index (χ1v) is 19.5. The highest BCUT2D eigenvalue weighted by molar-refractivity contribution is 6.11. The normalized spacial score (nSPS) is 17.1. The van der Waals surface area contributed by atoms with Crippen molar-refractivity contribution in [1.82, 2.24) is 0 Å². The van der Waals surface area contributed by atoms with Gasteiger partial charge in [0.05, 0.1) is 26.1 Å². The predicted octanol–water partition coefficient (Wildman–Crippen LogP) is 11.1. The Balaban J connectivity index is 1.31. The van der Waals surface area contributed by atoms with Crippen LogP contribution >= 0.6 is 0 Å². The van der Waals surface area contributed by atoms with Gasteiger partial charge in [0.15, 0.2) is 0 Å². The fourth-order valence-corrected chi connectivity index (χ4v) is 7.84. The van der Waals surface area contributed by atoms with Crippen molar-refractivity contribution in [2.45, 2.75) is 149 Å². The minimum absolute atomic E-state index is 0.188. The van der Waals surface area contributed by atoms with Crippen LogP contribution in [0.1, 0.15) is 135 Å². The van der Waals surface area contributed by atoms with E-state index >= 15 is 0 Å². The molecule has 0 amide bonds. The Morgan fingerprint density at radius 2 is 1.14 bits per heavy atom. The van der Waals surface area contributed by atoms with Crippen LogP contribution in [0.2, 0.25) is 0 Å². The monoisotopic (exact) mass is 672 g/mol. The second kappa shape index (κ2) is 19.2. The molecule has 0 aliphatic heterocycles. The number of aryl methyl sites for hydroxylation is 1. The number of rotatable bonds is 18. The average molecular weight is 673 g/mol. The van der Waals surface area contributed by atoms with E-state index in [0.29, 0.717) is 25.0 Å². The molecule has 2 fully saturated rings. The molecular weight excluding hydrogens is 612 g/mol. The van der Waals surface area contributed by atoms with Gasteiger partial charge in [-0.05, 0) is 63.0 Å². The molecule has 5 rings (SSSR count). The maximum Gasteiger partial charge on any atom is 0.309 e. The molecule has 6 heteroatoms. The van der Waals surface area contributed by atoms with Crippen molar-refractivity contribution >= 4 is 33.5 Å². The van der Waals surface area contributed by atoms with E-state index in [1.54, 1.807) is 0 Å². The van der Waals surface area contributed by atoms with Crippen molar-refractivity contribution in [1.29, 1.82) is 0 Å². The number of carbonyl (C=O) groups is 2. The van der Waals surface area contributed by atoms with E-state index in [-0.39, 0.29) is 37.0 Å². The number of unbranched alkanes of at least 4 members (excludes halogenated alkanes) is 2. The lowest BCUT2D eigenvalue weighted by atomic mass is 9.87. The molecule has 2 aliphatic carbocycles. The Labute approximate surface area is 294 Å². The van der Waals surface area contributed by atoms with Crippen LogP contribution in [0.25, 0.3) is 21.5 Å². The second-order valence-corrected chi connectivity index (χ2v) is 14.8. The molecule has 0 aromatic heterocycles. The van der Waals surface area contributed by atoms with E-state index in [4.69, 9.17) is 18.9 Å². The summed E-state index contributed by atoms with van der Waals surface area (Å²) in [4.78, 5) is 25.7. The minimum Gasteiger partial charge on any atom is -0.489 e. The summed E-state index contributed by atoms with van der Waals surface area (Å²) in [6.07, 6.45) is 18.8. The maximum atomic E-state index is 12.9. The van der Waals surface area contributed by atoms with E-state index in [2.05, 4.69) is 31.2 Å². The van der Waals surface area contributed by atoms with E-state index in [0.717, 1.165) is 58.7 Å². The van der Waals surface area contributed by atoms with Crippen LogP contribution in [-0.2, 0) is 25.5 Å². The zero-order chi connectivity index (χ0) is 34.4. The Morgan fingerprint density at radius 1 is 0.653 bits per heavy atom. The summed E-state index contributed by atoms with van der Waals surface area (Å²) in [6.45, 7) is 7.08. The molecule has 2 saturated carbocycles. The van der Waals surface area contributed by atoms with Crippen LogP contribution in [0.15, 0.2) is 42.5 Å². The Morgan fingerprint density at radius 3 is 1.65 bits per heavy atom. The fourth-order valence-electron chi connectivity index (χ4n) is 7.84. The lowest BCUT2D eigenvalue weighted by Gasteiger charge is -2.23. The summed E-state index contributed by atoms with van der Waals surface area (Å²) in [5, 5.41) is 3.74. The molecule has 268 valence electrons. The van der Waals surface area contributed by atoms with Crippen LogP contribution in [0.5, 0.6) is 11.5 Å². The predicted molar refractivity (Wildman–Crippen MR) is 198 cm³/mol. The van der Waals surface area contributed by atoms with Crippen LogP contribution in [0.4, 0.5) is 0 Å². The Hall–Kier alpha value is -3.28. The van der Waals surface area contributed by atoms with Crippen molar-refractivity contribution in [2.24, 2.45) is 11.8 Å². The van der Waals surface area contributed by atoms with Crippen molar-refractivity contribution in [2.75, 3.05) is 13.2 Å². The van der Waals surface area contributed by atoms with Crippen LogP contribution < -0.4 is 9.47 Å². The summed E-state index contributed by atoms with van der Waals surface area (Å²) in [5.41, 5.74) is 1.25. The first kappa shape index (κ1) is 37.0. The van der Waals surface area contributed by atoms with E-state index in [1.165, 1.54) is 82.6 Å². The molecular formula is C43H60O6. The molecule has 0 bridgehead atoms. The maximum absolute atomic E-state index is 12.9. The number of benzene rings is 3. The lowest BCUT2D eigenvalue weighted by Crippen LogP contribution is -2.21. The van der Waals surface area contributed by atoms with E-state index in [1.807, 2.05) is 32.0 Å². The average Bonchev–Trinajstić information content (AvgIpc) is 3.10. The van der Waals surface area contributed by atoms with Gasteiger partial charge in [0.25, 0.3) is 0 Å². The molecule has 3 aromatic rings. The molecule has 49 heavy (non-hydrogen) atoms. The third-order valence-electron chi connectivity index (χ3n) is 10.6. The molecule has 0 radical (unpaired) electrons. The molecule has 0 spiro atoms. The molecule has 6 nitrogen and oxygen atoms in total. The standard InChI is InChI=1S/C43H60O6/c1-4-5-8-19-35-22-23-38-39(30-35)43(49-32(3)29-41(45)47-27-25-34-17-11-7-12-18-34)37-21-14-13-20-36(37)42(38)48-31(2)28-40(44)46-26-24-33-15-9-6-10-16-33/h13-14,20-23,30-34H,4-12,15-19,24-29H2,1-3H3. The molecule has 3 aromatic carbocycles. The third kappa shape index (κ3) is 11.1. The summed E-state index contributed by atoms with van der Waals surface area (Å²) in [6, 6.07) is 14.6. The molecule has 0 N–H and O–H groups in total. The smallest absolute Gasteiger partial charge is 0.309 e. The second-order valence-electron chi connectivity index (χ2n) is 14.8. The SMILES string of the molecule is CCCCCc1ccc2c(OC(C)CC(=O)OCCC3CCCCC3)c3ccccc3c(OC(C)CC(=O)OCCC3CCCCC3)c2c1. The highest BCUT2D eigenvalue weighted by atomic mass is 16.5. The van der Waals surface area contributed by atoms with Gasteiger partial charge in [-0.3, -0.25) is 9.59 Å². The van der Waals surface area contributed by atoms with Crippen molar-refractivity contribution in [3.05, 3.63) is 48.0 Å². The quantitative estimate of drug-likeness (QED) is 0.0761. The lowest BCUT2D eigenvalue weighted by molar-refractivity contribution is -0.146. The first-order valence-electron chi connectivity index (χ1n) is 19.5. The highest BCUT2D eigenvalue weighted by Crippen LogP contribution is 2.44. The highest BCUT2D eigenvalue weighted by Gasteiger charge is 2.23. The van der Waals surface area contributed by atoms with Gasteiger partial charge in [-0.25, -0.2) is 0 Å². The molecule has 2 atom stereocenters. The van der Waals surface area contributed by atoms with Crippen molar-refractivity contribution in [3.8, 4) is 11.5 Å². The number of hydrogen-bond donors (Lipinski definition) is 0. The van der Waals surface area contributed by atoms with Gasteiger partial charge in [0.2, 0.25) is 0 Å². The van der Waals surface area contributed by atoms with Crippen molar-refractivity contribution < 1.29 is 28.5 Å². The number of ether oxygens (including phenoxy) is 4. The molecule has 0 saturated heterocycles. The summed E-state index contributed by atoms with van der Waals surface area (Å²) < 4.78 is 24.7. The van der Waals surface area contributed by atoms with E-state index < -0.39 is 0 Å². The number of carbonyl (C=O) groups excluding carboxylic acids is 2. The van der Waals surface area contributed by atoms with Gasteiger partial charge in [0, 0.05) is 21.5 Å². The fraction of sp³-hybridized carbons (Fsp3) is 0.628. The van der Waals surface area contributed by atoms with Gasteiger partial charge in [-0.1, -0.05) is 120 Å². The summed E-state index contributed by atoms with van der Waals surface area (Å²) >= 11 is 0. The number of esters is 2. The Bertz CT molecular complexity index is 1480.